The highest BCUT2D eigenvalue weighted by Crippen LogP contribution is 2.23. The van der Waals surface area contributed by atoms with Crippen molar-refractivity contribution in [2.45, 2.75) is 26.8 Å². The van der Waals surface area contributed by atoms with Gasteiger partial charge in [0.2, 0.25) is 10.0 Å². The predicted molar refractivity (Wildman–Crippen MR) is 104 cm³/mol. The molecule has 0 fully saturated rings. The van der Waals surface area contributed by atoms with Crippen LogP contribution in [0.1, 0.15) is 35.3 Å². The lowest BCUT2D eigenvalue weighted by atomic mass is 9.99. The van der Waals surface area contributed by atoms with Crippen LogP contribution in [0.5, 0.6) is 0 Å². The molecule has 3 rings (SSSR count). The van der Waals surface area contributed by atoms with Gasteiger partial charge in [-0.2, -0.15) is 0 Å². The summed E-state index contributed by atoms with van der Waals surface area (Å²) in [4.78, 5) is 14.7. The molecule has 0 bridgehead atoms. The number of hydrogen-bond acceptors (Lipinski definition) is 3. The van der Waals surface area contributed by atoms with Gasteiger partial charge in [-0.1, -0.05) is 24.3 Å². The fourth-order valence-electron chi connectivity index (χ4n) is 3.32. The maximum Gasteiger partial charge on any atom is 0.254 e. The third kappa shape index (κ3) is 3.60. The molecule has 0 unspecified atom stereocenters. The minimum atomic E-state index is -3.31. The predicted octanol–water partition coefficient (Wildman–Crippen LogP) is 3.06. The lowest BCUT2D eigenvalue weighted by Gasteiger charge is -2.29. The minimum absolute atomic E-state index is 0.0209. The van der Waals surface area contributed by atoms with Gasteiger partial charge in [0, 0.05) is 25.2 Å². The largest absolute Gasteiger partial charge is 0.334 e. The molecular formula is C20H24N2O3S. The molecule has 2 aromatic rings. The smallest absolute Gasteiger partial charge is 0.254 e. The number of carbonyl (C=O) groups excluding carboxylic acids is 1. The van der Waals surface area contributed by atoms with Crippen molar-refractivity contribution in [3.63, 3.8) is 0 Å². The van der Waals surface area contributed by atoms with Crippen LogP contribution in [-0.2, 0) is 23.0 Å². The van der Waals surface area contributed by atoms with Gasteiger partial charge in [0.15, 0.2) is 0 Å². The van der Waals surface area contributed by atoms with Gasteiger partial charge in [-0.25, -0.2) is 8.42 Å². The lowest BCUT2D eigenvalue weighted by molar-refractivity contribution is 0.0734. The summed E-state index contributed by atoms with van der Waals surface area (Å²) < 4.78 is 25.7. The maximum atomic E-state index is 12.8. The second kappa shape index (κ2) is 7.50. The summed E-state index contributed by atoms with van der Waals surface area (Å²) in [5.41, 5.74) is 3.66. The molecule has 0 aromatic heterocycles. The molecular weight excluding hydrogens is 348 g/mol. The van der Waals surface area contributed by atoms with Gasteiger partial charge in [-0.15, -0.1) is 0 Å². The Kier molecular flexibility index (Phi) is 5.32. The third-order valence-electron chi connectivity index (χ3n) is 4.81. The van der Waals surface area contributed by atoms with Crippen molar-refractivity contribution in [1.82, 2.24) is 4.90 Å². The Balaban J connectivity index is 1.78. The van der Waals surface area contributed by atoms with E-state index in [-0.39, 0.29) is 11.7 Å². The zero-order valence-corrected chi connectivity index (χ0v) is 16.0. The molecule has 0 saturated carbocycles. The average molecular weight is 372 g/mol. The van der Waals surface area contributed by atoms with Crippen LogP contribution in [-0.4, -0.2) is 38.1 Å². The molecule has 1 aliphatic heterocycles. The molecule has 0 saturated heterocycles. The fraction of sp³-hybridized carbons (Fsp3) is 0.350. The molecule has 5 nitrogen and oxygen atoms in total. The Bertz CT molecular complexity index is 892. The highest BCUT2D eigenvalue weighted by atomic mass is 32.2. The van der Waals surface area contributed by atoms with Crippen LogP contribution in [0.25, 0.3) is 0 Å². The second-order valence-corrected chi connectivity index (χ2v) is 8.54. The summed E-state index contributed by atoms with van der Waals surface area (Å²) in [6.45, 7) is 5.11. The molecule has 0 radical (unpaired) electrons. The lowest BCUT2D eigenvalue weighted by Crippen LogP contribution is -2.36. The summed E-state index contributed by atoms with van der Waals surface area (Å²) in [6.07, 6.45) is 0.859. The summed E-state index contributed by atoms with van der Waals surface area (Å²) in [5, 5.41) is 0. The van der Waals surface area contributed by atoms with E-state index in [2.05, 4.69) is 12.1 Å². The van der Waals surface area contributed by atoms with Gasteiger partial charge >= 0.3 is 0 Å². The van der Waals surface area contributed by atoms with Crippen LogP contribution in [0.4, 0.5) is 5.69 Å². The summed E-state index contributed by atoms with van der Waals surface area (Å²) in [6, 6.07) is 15.0. The van der Waals surface area contributed by atoms with E-state index in [0.29, 0.717) is 30.9 Å². The van der Waals surface area contributed by atoms with E-state index in [4.69, 9.17) is 0 Å². The summed E-state index contributed by atoms with van der Waals surface area (Å²) in [7, 11) is -3.31. The van der Waals surface area contributed by atoms with Crippen LogP contribution in [0, 0.1) is 0 Å². The molecule has 138 valence electrons. The van der Waals surface area contributed by atoms with Crippen LogP contribution in [0.3, 0.4) is 0 Å². The second-order valence-electron chi connectivity index (χ2n) is 6.36. The normalized spacial score (nSPS) is 14.0. The quantitative estimate of drug-likeness (QED) is 0.810. The number of sulfonamides is 1. The van der Waals surface area contributed by atoms with Crippen LogP contribution >= 0.6 is 0 Å². The molecule has 6 heteroatoms. The molecule has 0 aliphatic carbocycles. The molecule has 26 heavy (non-hydrogen) atoms. The zero-order valence-electron chi connectivity index (χ0n) is 15.2. The number of benzene rings is 2. The standard InChI is InChI=1S/C20H24N2O3S/c1-3-22(26(24,25)4-2)19-11-9-17(10-12-19)20(23)21-14-13-16-7-5-6-8-18(16)15-21/h5-12H,3-4,13-15H2,1-2H3. The van der Waals surface area contributed by atoms with Gasteiger partial charge in [-0.05, 0) is 55.7 Å². The van der Waals surface area contributed by atoms with Crippen molar-refractivity contribution < 1.29 is 13.2 Å². The molecule has 1 aliphatic rings. The number of hydrogen-bond donors (Lipinski definition) is 0. The molecule has 0 spiro atoms. The van der Waals surface area contributed by atoms with Gasteiger partial charge in [0.05, 0.1) is 11.4 Å². The van der Waals surface area contributed by atoms with Crippen molar-refractivity contribution in [3.05, 3.63) is 65.2 Å². The highest BCUT2D eigenvalue weighted by molar-refractivity contribution is 7.92. The Morgan fingerprint density at radius 2 is 1.69 bits per heavy atom. The van der Waals surface area contributed by atoms with Crippen LogP contribution in [0.2, 0.25) is 0 Å². The number of nitrogens with zero attached hydrogens (tertiary/aromatic N) is 2. The SMILES string of the molecule is CCN(c1ccc(C(=O)N2CCc3ccccc3C2)cc1)S(=O)(=O)CC. The minimum Gasteiger partial charge on any atom is -0.334 e. The Hall–Kier alpha value is -2.34. The van der Waals surface area contributed by atoms with Crippen molar-refractivity contribution in [2.75, 3.05) is 23.1 Å². The third-order valence-corrected chi connectivity index (χ3v) is 6.68. The topological polar surface area (TPSA) is 57.7 Å². The first kappa shape index (κ1) is 18.5. The van der Waals surface area contributed by atoms with Gasteiger partial charge < -0.3 is 4.90 Å². The number of anilines is 1. The number of fused-ring (bicyclic) bond motifs is 1. The van der Waals surface area contributed by atoms with E-state index < -0.39 is 10.0 Å². The first-order valence-corrected chi connectivity index (χ1v) is 10.5. The van der Waals surface area contributed by atoms with Crippen molar-refractivity contribution in [3.8, 4) is 0 Å². The maximum absolute atomic E-state index is 12.8. The van der Waals surface area contributed by atoms with Gasteiger partial charge in [-0.3, -0.25) is 9.10 Å². The van der Waals surface area contributed by atoms with E-state index in [0.717, 1.165) is 6.42 Å². The molecule has 0 atom stereocenters. The van der Waals surface area contributed by atoms with E-state index in [1.807, 2.05) is 17.0 Å². The number of carbonyl (C=O) groups is 1. The highest BCUT2D eigenvalue weighted by Gasteiger charge is 2.23. The van der Waals surface area contributed by atoms with E-state index in [1.54, 1.807) is 38.1 Å². The van der Waals surface area contributed by atoms with Gasteiger partial charge in [0.1, 0.15) is 0 Å². The van der Waals surface area contributed by atoms with Crippen LogP contribution in [0.15, 0.2) is 48.5 Å². The number of amides is 1. The van der Waals surface area contributed by atoms with E-state index in [9.17, 15) is 13.2 Å². The first-order chi connectivity index (χ1) is 12.5. The molecule has 1 heterocycles. The van der Waals surface area contributed by atoms with E-state index >= 15 is 0 Å². The van der Waals surface area contributed by atoms with Crippen molar-refractivity contribution in [2.24, 2.45) is 0 Å². The Morgan fingerprint density at radius 1 is 1.04 bits per heavy atom. The van der Waals surface area contributed by atoms with Crippen molar-refractivity contribution >= 4 is 21.6 Å². The summed E-state index contributed by atoms with van der Waals surface area (Å²) in [5.74, 6) is 0.0294. The Morgan fingerprint density at radius 3 is 2.31 bits per heavy atom. The molecule has 1 amide bonds. The first-order valence-electron chi connectivity index (χ1n) is 8.92. The van der Waals surface area contributed by atoms with Gasteiger partial charge in [0.25, 0.3) is 5.91 Å². The number of rotatable bonds is 5. The zero-order chi connectivity index (χ0) is 18.7. The van der Waals surface area contributed by atoms with Crippen molar-refractivity contribution in [1.29, 1.82) is 0 Å². The molecule has 2 aromatic carbocycles. The summed E-state index contributed by atoms with van der Waals surface area (Å²) >= 11 is 0. The van der Waals surface area contributed by atoms with Crippen LogP contribution < -0.4 is 4.31 Å². The monoisotopic (exact) mass is 372 g/mol. The Labute approximate surface area is 155 Å². The fourth-order valence-corrected chi connectivity index (χ4v) is 4.47. The van der Waals surface area contributed by atoms with E-state index in [1.165, 1.54) is 15.4 Å². The molecule has 0 N–H and O–H groups in total. The average Bonchev–Trinajstić information content (AvgIpc) is 2.68.